The van der Waals surface area contributed by atoms with E-state index in [4.69, 9.17) is 4.74 Å². The molecule has 9 heteroatoms. The molecule has 5 rings (SSSR count). The maximum Gasteiger partial charge on any atom is 0.410 e. The van der Waals surface area contributed by atoms with Gasteiger partial charge in [0.2, 0.25) is 5.91 Å². The van der Waals surface area contributed by atoms with Crippen LogP contribution in [0.4, 0.5) is 15.4 Å². The highest BCUT2D eigenvalue weighted by molar-refractivity contribution is 6.08. The third-order valence-corrected chi connectivity index (χ3v) is 8.16. The number of imide groups is 1. The van der Waals surface area contributed by atoms with Crippen molar-refractivity contribution in [1.29, 1.82) is 0 Å². The maximum absolute atomic E-state index is 12.4. The van der Waals surface area contributed by atoms with E-state index in [0.29, 0.717) is 23.7 Å². The number of fused-ring (bicyclic) bond motifs is 1. The number of amides is 4. The molecule has 2 saturated heterocycles. The van der Waals surface area contributed by atoms with Gasteiger partial charge in [-0.2, -0.15) is 5.10 Å². The first-order chi connectivity index (χ1) is 17.0. The zero-order valence-electron chi connectivity index (χ0n) is 21.8. The normalized spacial score (nSPS) is 21.2. The molecule has 2 aromatic rings. The number of hydrogen-bond acceptors (Lipinski definition) is 5. The molecule has 9 nitrogen and oxygen atoms in total. The Hall–Kier alpha value is -3.10. The molecular formula is C27H37N5O4. The third-order valence-electron chi connectivity index (χ3n) is 8.16. The minimum atomic E-state index is -0.459. The summed E-state index contributed by atoms with van der Waals surface area (Å²) in [5.74, 6) is 0.853. The summed E-state index contributed by atoms with van der Waals surface area (Å²) in [4.78, 5) is 39.8. The second-order valence-electron chi connectivity index (χ2n) is 11.7. The van der Waals surface area contributed by atoms with Crippen LogP contribution in [0.2, 0.25) is 0 Å². The average Bonchev–Trinajstić information content (AvgIpc) is 3.14. The standard InChI is InChI=1S/C27H37N5O4/c1-26(2,3)36-25(35)31-15-12-27(13-16-31)10-7-18(8-11-27)19-5-6-20-21(17-19)30(4)29-23(20)32-14-9-22(33)28-24(32)34/h5-6,17-18H,7-16H2,1-4H3,(H,28,33,34). The van der Waals surface area contributed by atoms with Crippen LogP contribution < -0.4 is 10.2 Å². The Kier molecular flexibility index (Phi) is 6.21. The number of ether oxygens (including phenoxy) is 1. The fourth-order valence-corrected chi connectivity index (χ4v) is 6.03. The molecule has 1 aromatic carbocycles. The summed E-state index contributed by atoms with van der Waals surface area (Å²) >= 11 is 0. The number of carbonyl (C=O) groups is 3. The first-order valence-electron chi connectivity index (χ1n) is 13.1. The van der Waals surface area contributed by atoms with E-state index in [-0.39, 0.29) is 18.4 Å². The van der Waals surface area contributed by atoms with Crippen LogP contribution in [0.5, 0.6) is 0 Å². The zero-order chi connectivity index (χ0) is 25.7. The fourth-order valence-electron chi connectivity index (χ4n) is 6.03. The van der Waals surface area contributed by atoms with Gasteiger partial charge in [0, 0.05) is 38.5 Å². The average molecular weight is 496 g/mol. The van der Waals surface area contributed by atoms with Crippen molar-refractivity contribution in [1.82, 2.24) is 20.0 Å². The van der Waals surface area contributed by atoms with Crippen LogP contribution in [0.3, 0.4) is 0 Å². The van der Waals surface area contributed by atoms with Gasteiger partial charge in [0.15, 0.2) is 5.82 Å². The van der Waals surface area contributed by atoms with E-state index >= 15 is 0 Å². The van der Waals surface area contributed by atoms with Gasteiger partial charge in [-0.15, -0.1) is 0 Å². The number of benzene rings is 1. The number of likely N-dealkylation sites (tertiary alicyclic amines) is 1. The second kappa shape index (κ2) is 9.09. The number of anilines is 1. The van der Waals surface area contributed by atoms with Crippen molar-refractivity contribution in [3.05, 3.63) is 23.8 Å². The molecule has 194 valence electrons. The molecule has 0 bridgehead atoms. The van der Waals surface area contributed by atoms with E-state index in [1.807, 2.05) is 37.4 Å². The number of aryl methyl sites for hydroxylation is 1. The highest BCUT2D eigenvalue weighted by Gasteiger charge is 2.40. The molecule has 0 unspecified atom stereocenters. The van der Waals surface area contributed by atoms with Crippen LogP contribution in [0.25, 0.3) is 10.9 Å². The molecule has 1 saturated carbocycles. The lowest BCUT2D eigenvalue weighted by atomic mass is 9.64. The fraction of sp³-hybridized carbons (Fsp3) is 0.630. The Labute approximate surface area is 212 Å². The van der Waals surface area contributed by atoms with Crippen molar-refractivity contribution in [3.8, 4) is 0 Å². The van der Waals surface area contributed by atoms with Gasteiger partial charge in [-0.1, -0.05) is 6.07 Å². The van der Waals surface area contributed by atoms with Crippen molar-refractivity contribution in [2.75, 3.05) is 24.5 Å². The second-order valence-corrected chi connectivity index (χ2v) is 11.7. The molecule has 36 heavy (non-hydrogen) atoms. The summed E-state index contributed by atoms with van der Waals surface area (Å²) in [6.07, 6.45) is 6.81. The molecular weight excluding hydrogens is 458 g/mol. The van der Waals surface area contributed by atoms with Crippen molar-refractivity contribution in [2.24, 2.45) is 12.5 Å². The van der Waals surface area contributed by atoms with Crippen LogP contribution >= 0.6 is 0 Å². The maximum atomic E-state index is 12.4. The minimum absolute atomic E-state index is 0.191. The predicted molar refractivity (Wildman–Crippen MR) is 137 cm³/mol. The summed E-state index contributed by atoms with van der Waals surface area (Å²) in [7, 11) is 1.90. The molecule has 0 radical (unpaired) electrons. The number of rotatable bonds is 2. The van der Waals surface area contributed by atoms with Gasteiger partial charge >= 0.3 is 12.1 Å². The number of nitrogens with zero attached hydrogens (tertiary/aromatic N) is 4. The Morgan fingerprint density at radius 3 is 2.42 bits per heavy atom. The van der Waals surface area contributed by atoms with Gasteiger partial charge in [-0.25, -0.2) is 9.59 Å². The monoisotopic (exact) mass is 495 g/mol. The third kappa shape index (κ3) is 4.80. The zero-order valence-corrected chi connectivity index (χ0v) is 21.8. The van der Waals surface area contributed by atoms with Crippen molar-refractivity contribution < 1.29 is 19.1 Å². The van der Waals surface area contributed by atoms with Gasteiger partial charge in [0.25, 0.3) is 0 Å². The van der Waals surface area contributed by atoms with E-state index in [2.05, 4.69) is 28.6 Å². The summed E-state index contributed by atoms with van der Waals surface area (Å²) in [5.41, 5.74) is 2.19. The van der Waals surface area contributed by atoms with Crippen molar-refractivity contribution in [2.45, 2.75) is 77.2 Å². The van der Waals surface area contributed by atoms with E-state index in [1.165, 1.54) is 18.4 Å². The first kappa shape index (κ1) is 24.6. The van der Waals surface area contributed by atoms with Gasteiger partial charge in [0.05, 0.1) is 5.52 Å². The topological polar surface area (TPSA) is 96.8 Å². The van der Waals surface area contributed by atoms with E-state index in [0.717, 1.165) is 49.7 Å². The highest BCUT2D eigenvalue weighted by Crippen LogP contribution is 2.49. The van der Waals surface area contributed by atoms with Gasteiger partial charge < -0.3 is 9.64 Å². The Morgan fingerprint density at radius 1 is 1.08 bits per heavy atom. The van der Waals surface area contributed by atoms with E-state index in [9.17, 15) is 14.4 Å². The molecule has 0 atom stereocenters. The predicted octanol–water partition coefficient (Wildman–Crippen LogP) is 4.69. The van der Waals surface area contributed by atoms with Gasteiger partial charge in [-0.05, 0) is 88.3 Å². The van der Waals surface area contributed by atoms with Crippen LogP contribution in [0.1, 0.15) is 77.2 Å². The SMILES string of the molecule is Cn1nc(N2CCC(=O)NC2=O)c2ccc(C3CCC4(CC3)CCN(C(=O)OC(C)(C)C)CC4)cc21. The van der Waals surface area contributed by atoms with Crippen LogP contribution in [0, 0.1) is 5.41 Å². The largest absolute Gasteiger partial charge is 0.444 e. The summed E-state index contributed by atoms with van der Waals surface area (Å²) in [5, 5.41) is 7.92. The van der Waals surface area contributed by atoms with Crippen LogP contribution in [0.15, 0.2) is 18.2 Å². The summed E-state index contributed by atoms with van der Waals surface area (Å²) < 4.78 is 7.39. The summed E-state index contributed by atoms with van der Waals surface area (Å²) in [6, 6.07) is 6.05. The Bertz CT molecular complexity index is 1180. The number of hydrogen-bond donors (Lipinski definition) is 1. The lowest BCUT2D eigenvalue weighted by Crippen LogP contribution is -2.49. The van der Waals surface area contributed by atoms with E-state index < -0.39 is 11.6 Å². The highest BCUT2D eigenvalue weighted by atomic mass is 16.6. The van der Waals surface area contributed by atoms with Crippen LogP contribution in [-0.4, -0.2) is 57.9 Å². The molecule has 1 spiro atoms. The minimum Gasteiger partial charge on any atom is -0.444 e. The molecule has 3 aliphatic rings. The van der Waals surface area contributed by atoms with Gasteiger partial charge in [-0.3, -0.25) is 19.7 Å². The van der Waals surface area contributed by atoms with Crippen molar-refractivity contribution in [3.63, 3.8) is 0 Å². The molecule has 3 fully saturated rings. The van der Waals surface area contributed by atoms with E-state index in [1.54, 1.807) is 4.90 Å². The number of piperidine rings is 1. The van der Waals surface area contributed by atoms with Crippen LogP contribution in [-0.2, 0) is 16.6 Å². The molecule has 2 aliphatic heterocycles. The lowest BCUT2D eigenvalue weighted by molar-refractivity contribution is -0.120. The molecule has 3 heterocycles. The number of nitrogens with one attached hydrogen (secondary N) is 1. The molecule has 1 aliphatic carbocycles. The first-order valence-corrected chi connectivity index (χ1v) is 13.1. The van der Waals surface area contributed by atoms with Gasteiger partial charge in [0.1, 0.15) is 5.60 Å². The molecule has 1 aromatic heterocycles. The Morgan fingerprint density at radius 2 is 1.78 bits per heavy atom. The number of carbonyl (C=O) groups excluding carboxylic acids is 3. The molecule has 1 N–H and O–H groups in total. The number of aromatic nitrogens is 2. The summed E-state index contributed by atoms with van der Waals surface area (Å²) in [6.45, 7) is 7.63. The van der Waals surface area contributed by atoms with Crippen molar-refractivity contribution >= 4 is 34.8 Å². The number of urea groups is 1. The molecule has 4 amide bonds. The lowest BCUT2D eigenvalue weighted by Gasteiger charge is -2.46. The quantitative estimate of drug-likeness (QED) is 0.652. The smallest absolute Gasteiger partial charge is 0.410 e. The Balaban J connectivity index is 1.23.